The van der Waals surface area contributed by atoms with E-state index in [-0.39, 0.29) is 22.8 Å². The Kier molecular flexibility index (Phi) is 4.61. The van der Waals surface area contributed by atoms with Crippen molar-refractivity contribution in [2.24, 2.45) is 0 Å². The number of hydrogen-bond donors (Lipinski definition) is 0. The monoisotopic (exact) mass is 264 g/mol. The maximum Gasteiger partial charge on any atom is 0.147 e. The fourth-order valence-electron chi connectivity index (χ4n) is 1.19. The van der Waals surface area contributed by atoms with Crippen LogP contribution in [0.5, 0.6) is 0 Å². The second kappa shape index (κ2) is 5.54. The highest BCUT2D eigenvalue weighted by Gasteiger charge is 2.10. The molecule has 0 aromatic heterocycles. The van der Waals surface area contributed by atoms with E-state index in [2.05, 4.69) is 0 Å². The van der Waals surface area contributed by atoms with E-state index in [4.69, 9.17) is 0 Å². The summed E-state index contributed by atoms with van der Waals surface area (Å²) < 4.78 is 46.5. The third-order valence-corrected chi connectivity index (χ3v) is 4.44. The van der Waals surface area contributed by atoms with Crippen molar-refractivity contribution < 1.29 is 17.0 Å². The van der Waals surface area contributed by atoms with Gasteiger partial charge in [-0.25, -0.2) is 12.8 Å². The molecule has 0 aliphatic rings. The topological polar surface area (TPSA) is 51.2 Å². The van der Waals surface area contributed by atoms with Crippen LogP contribution in [0.15, 0.2) is 29.2 Å². The molecule has 0 saturated heterocycles. The highest BCUT2D eigenvalue weighted by Crippen LogP contribution is 2.12. The minimum Gasteiger partial charge on any atom is -0.254 e. The molecule has 0 bridgehead atoms. The predicted molar refractivity (Wildman–Crippen MR) is 62.0 cm³/mol. The SMILES string of the molecule is CS(=O)(=O)CCCS(=O)c1ccccc1F. The fourth-order valence-corrected chi connectivity index (χ4v) is 3.19. The lowest BCUT2D eigenvalue weighted by Gasteiger charge is -2.02. The molecule has 16 heavy (non-hydrogen) atoms. The third kappa shape index (κ3) is 4.40. The van der Waals surface area contributed by atoms with Crippen LogP contribution in [0.25, 0.3) is 0 Å². The van der Waals surface area contributed by atoms with Gasteiger partial charge in [0, 0.05) is 12.0 Å². The number of benzene rings is 1. The van der Waals surface area contributed by atoms with Crippen molar-refractivity contribution >= 4 is 20.6 Å². The van der Waals surface area contributed by atoms with Gasteiger partial charge >= 0.3 is 0 Å². The molecule has 90 valence electrons. The zero-order valence-electron chi connectivity index (χ0n) is 8.85. The Morgan fingerprint density at radius 1 is 1.31 bits per heavy atom. The molecule has 0 aliphatic heterocycles. The fraction of sp³-hybridized carbons (Fsp3) is 0.400. The minimum atomic E-state index is -3.04. The van der Waals surface area contributed by atoms with Crippen LogP contribution in [0, 0.1) is 5.82 Å². The maximum atomic E-state index is 13.2. The van der Waals surface area contributed by atoms with Crippen LogP contribution in [-0.2, 0) is 20.6 Å². The number of hydrogen-bond acceptors (Lipinski definition) is 3. The summed E-state index contributed by atoms with van der Waals surface area (Å²) in [6, 6.07) is 5.81. The third-order valence-electron chi connectivity index (χ3n) is 1.93. The average molecular weight is 264 g/mol. The molecule has 3 nitrogen and oxygen atoms in total. The van der Waals surface area contributed by atoms with Crippen molar-refractivity contribution in [2.45, 2.75) is 11.3 Å². The standard InChI is InChI=1S/C10H13FO3S2/c1-16(13,14)8-4-7-15(12)10-6-3-2-5-9(10)11/h2-3,5-6H,4,7-8H2,1H3. The Hall–Kier alpha value is -0.750. The summed E-state index contributed by atoms with van der Waals surface area (Å²) in [5.41, 5.74) is 0. The van der Waals surface area contributed by atoms with Gasteiger partial charge in [-0.3, -0.25) is 4.21 Å². The second-order valence-corrected chi connectivity index (χ2v) is 7.26. The molecule has 1 rings (SSSR count). The number of rotatable bonds is 5. The summed E-state index contributed by atoms with van der Waals surface area (Å²) in [7, 11) is -4.51. The van der Waals surface area contributed by atoms with Crippen LogP contribution in [0.4, 0.5) is 4.39 Å². The molecule has 1 aromatic rings. The van der Waals surface area contributed by atoms with Crippen molar-refractivity contribution in [3.05, 3.63) is 30.1 Å². The van der Waals surface area contributed by atoms with E-state index in [1.54, 1.807) is 6.07 Å². The van der Waals surface area contributed by atoms with Gasteiger partial charge in [0.1, 0.15) is 15.7 Å². The summed E-state index contributed by atoms with van der Waals surface area (Å²) in [6.07, 6.45) is 1.40. The highest BCUT2D eigenvalue weighted by atomic mass is 32.2. The maximum absolute atomic E-state index is 13.2. The summed E-state index contributed by atoms with van der Waals surface area (Å²) >= 11 is 0. The van der Waals surface area contributed by atoms with Crippen molar-refractivity contribution in [2.75, 3.05) is 17.8 Å². The van der Waals surface area contributed by atoms with E-state index in [1.165, 1.54) is 18.2 Å². The summed E-state index contributed by atoms with van der Waals surface area (Å²) in [5, 5.41) is 0. The van der Waals surface area contributed by atoms with Gasteiger partial charge in [0.25, 0.3) is 0 Å². The van der Waals surface area contributed by atoms with Gasteiger partial charge in [-0.05, 0) is 18.6 Å². The van der Waals surface area contributed by atoms with Crippen LogP contribution >= 0.6 is 0 Å². The molecule has 1 atom stereocenters. The Morgan fingerprint density at radius 3 is 2.50 bits per heavy atom. The lowest BCUT2D eigenvalue weighted by atomic mass is 10.3. The number of halogens is 1. The molecule has 6 heteroatoms. The number of sulfone groups is 1. The molecule has 1 aromatic carbocycles. The highest BCUT2D eigenvalue weighted by molar-refractivity contribution is 7.90. The van der Waals surface area contributed by atoms with Crippen molar-refractivity contribution in [1.29, 1.82) is 0 Å². The largest absolute Gasteiger partial charge is 0.254 e. The van der Waals surface area contributed by atoms with E-state index >= 15 is 0 Å². The van der Waals surface area contributed by atoms with E-state index in [1.807, 2.05) is 0 Å². The molecule has 0 spiro atoms. The smallest absolute Gasteiger partial charge is 0.147 e. The van der Waals surface area contributed by atoms with E-state index in [0.29, 0.717) is 0 Å². The predicted octanol–water partition coefficient (Wildman–Crippen LogP) is 1.37. The van der Waals surface area contributed by atoms with Gasteiger partial charge in [0.15, 0.2) is 0 Å². The van der Waals surface area contributed by atoms with Gasteiger partial charge in [-0.1, -0.05) is 12.1 Å². The molecule has 0 radical (unpaired) electrons. The van der Waals surface area contributed by atoms with Crippen LogP contribution in [0.3, 0.4) is 0 Å². The van der Waals surface area contributed by atoms with E-state index < -0.39 is 26.5 Å². The van der Waals surface area contributed by atoms with E-state index in [0.717, 1.165) is 6.26 Å². The van der Waals surface area contributed by atoms with Gasteiger partial charge in [0.2, 0.25) is 0 Å². The van der Waals surface area contributed by atoms with Crippen LogP contribution in [0.1, 0.15) is 6.42 Å². The second-order valence-electron chi connectivity index (χ2n) is 3.46. The van der Waals surface area contributed by atoms with Gasteiger partial charge in [0.05, 0.1) is 21.4 Å². The Morgan fingerprint density at radius 2 is 1.94 bits per heavy atom. The molecule has 0 aliphatic carbocycles. The van der Waals surface area contributed by atoms with Crippen molar-refractivity contribution in [1.82, 2.24) is 0 Å². The Bertz CT molecular complexity index is 483. The average Bonchev–Trinajstić information content (AvgIpc) is 2.16. The Labute approximate surface area is 97.1 Å². The first kappa shape index (κ1) is 13.3. The van der Waals surface area contributed by atoms with Gasteiger partial charge < -0.3 is 0 Å². The van der Waals surface area contributed by atoms with Crippen LogP contribution in [0.2, 0.25) is 0 Å². The summed E-state index contributed by atoms with van der Waals surface area (Å²) in [4.78, 5) is 0.135. The minimum absolute atomic E-state index is 0.0206. The van der Waals surface area contributed by atoms with Gasteiger partial charge in [-0.2, -0.15) is 0 Å². The molecule has 0 N–H and O–H groups in total. The Balaban J connectivity index is 2.57. The summed E-state index contributed by atoms with van der Waals surface area (Å²) in [5.74, 6) is -0.374. The lowest BCUT2D eigenvalue weighted by Crippen LogP contribution is -2.08. The molecule has 0 fully saturated rings. The zero-order chi connectivity index (χ0) is 12.2. The normalized spacial score (nSPS) is 13.6. The molecule has 0 heterocycles. The molecule has 1 unspecified atom stereocenters. The van der Waals surface area contributed by atoms with Crippen molar-refractivity contribution in [3.8, 4) is 0 Å². The quantitative estimate of drug-likeness (QED) is 0.807. The summed E-state index contributed by atoms with van der Waals surface area (Å²) in [6.45, 7) is 0. The van der Waals surface area contributed by atoms with Gasteiger partial charge in [-0.15, -0.1) is 0 Å². The molecule has 0 saturated carbocycles. The first-order valence-corrected chi connectivity index (χ1v) is 8.09. The first-order chi connectivity index (χ1) is 7.40. The zero-order valence-corrected chi connectivity index (χ0v) is 10.5. The van der Waals surface area contributed by atoms with Crippen LogP contribution < -0.4 is 0 Å². The molecular weight excluding hydrogens is 251 g/mol. The lowest BCUT2D eigenvalue weighted by molar-refractivity contribution is 0.595. The first-order valence-electron chi connectivity index (χ1n) is 4.71. The van der Waals surface area contributed by atoms with E-state index in [9.17, 15) is 17.0 Å². The van der Waals surface area contributed by atoms with Crippen LogP contribution in [-0.4, -0.2) is 30.4 Å². The van der Waals surface area contributed by atoms with Crippen molar-refractivity contribution in [3.63, 3.8) is 0 Å². The molecular formula is C10H13FO3S2. The molecule has 0 amide bonds.